The molecule has 0 atom stereocenters. The van der Waals surface area contributed by atoms with Crippen LogP contribution in [-0.2, 0) is 6.61 Å². The summed E-state index contributed by atoms with van der Waals surface area (Å²) in [5.74, 6) is 0.784. The summed E-state index contributed by atoms with van der Waals surface area (Å²) < 4.78 is 6.07. The molecule has 0 radical (unpaired) electrons. The smallest absolute Gasteiger partial charge is 0.133 e. The van der Waals surface area contributed by atoms with Crippen LogP contribution >= 0.6 is 27.3 Å². The molecule has 0 saturated carbocycles. The van der Waals surface area contributed by atoms with Crippen LogP contribution in [0.1, 0.15) is 9.88 Å². The van der Waals surface area contributed by atoms with Gasteiger partial charge in [-0.05, 0) is 41.1 Å². The molecule has 0 bridgehead atoms. The number of halogens is 1. The lowest BCUT2D eigenvalue weighted by Gasteiger charge is -2.05. The van der Waals surface area contributed by atoms with Crippen LogP contribution in [0.3, 0.4) is 0 Å². The van der Waals surface area contributed by atoms with Crippen molar-refractivity contribution >= 4 is 27.3 Å². The number of methoxy groups -OCH3 is 1. The van der Waals surface area contributed by atoms with Gasteiger partial charge in [-0.25, -0.2) is 4.98 Å². The molecule has 0 aliphatic heterocycles. The number of nitrogens with zero attached hydrogens (tertiary/aromatic N) is 1. The number of hydrogen-bond donors (Lipinski definition) is 1. The van der Waals surface area contributed by atoms with E-state index in [0.717, 1.165) is 31.4 Å². The van der Waals surface area contributed by atoms with Crippen molar-refractivity contribution in [2.75, 3.05) is 7.11 Å². The number of rotatable bonds is 3. The van der Waals surface area contributed by atoms with Gasteiger partial charge in [0.1, 0.15) is 5.75 Å². The fourth-order valence-electron chi connectivity index (χ4n) is 1.62. The van der Waals surface area contributed by atoms with E-state index in [1.54, 1.807) is 7.11 Å². The minimum atomic E-state index is 0.0183. The van der Waals surface area contributed by atoms with Crippen molar-refractivity contribution in [2.24, 2.45) is 0 Å². The molecule has 0 saturated heterocycles. The third-order valence-electron chi connectivity index (χ3n) is 2.37. The number of thiazole rings is 1. The number of aromatic nitrogens is 1. The van der Waals surface area contributed by atoms with Crippen molar-refractivity contribution in [3.8, 4) is 17.0 Å². The highest BCUT2D eigenvalue weighted by atomic mass is 79.9. The number of aliphatic hydroxyl groups excluding tert-OH is 1. The number of hydrogen-bond acceptors (Lipinski definition) is 4. The van der Waals surface area contributed by atoms with E-state index >= 15 is 0 Å². The van der Waals surface area contributed by atoms with Gasteiger partial charge in [0, 0.05) is 5.56 Å². The Bertz CT molecular complexity index is 539. The minimum absolute atomic E-state index is 0.0183. The maximum atomic E-state index is 9.30. The van der Waals surface area contributed by atoms with Gasteiger partial charge in [-0.2, -0.15) is 0 Å². The zero-order valence-corrected chi connectivity index (χ0v) is 11.9. The molecule has 0 amide bonds. The van der Waals surface area contributed by atoms with Crippen molar-refractivity contribution in [1.29, 1.82) is 0 Å². The standard InChI is InChI=1S/C12H12BrNO2S/c1-7-14-12(11(6-15)17-7)8-3-4-10(16-2)9(13)5-8/h3-5,15H,6H2,1-2H3. The molecule has 1 N–H and O–H groups in total. The Morgan fingerprint density at radius 2 is 2.24 bits per heavy atom. The molecule has 0 unspecified atom stereocenters. The van der Waals surface area contributed by atoms with Crippen LogP contribution in [-0.4, -0.2) is 17.2 Å². The molecular weight excluding hydrogens is 302 g/mol. The zero-order valence-electron chi connectivity index (χ0n) is 9.53. The maximum absolute atomic E-state index is 9.30. The van der Waals surface area contributed by atoms with Crippen LogP contribution in [0.5, 0.6) is 5.75 Å². The molecular formula is C12H12BrNO2S. The number of aliphatic hydroxyl groups is 1. The molecule has 3 nitrogen and oxygen atoms in total. The van der Waals surface area contributed by atoms with E-state index < -0.39 is 0 Å². The molecule has 2 rings (SSSR count). The highest BCUT2D eigenvalue weighted by molar-refractivity contribution is 9.10. The third kappa shape index (κ3) is 2.51. The van der Waals surface area contributed by atoms with Gasteiger partial charge in [-0.15, -0.1) is 11.3 Å². The number of benzene rings is 1. The van der Waals surface area contributed by atoms with Crippen molar-refractivity contribution in [3.63, 3.8) is 0 Å². The van der Waals surface area contributed by atoms with Gasteiger partial charge in [0.05, 0.1) is 33.8 Å². The largest absolute Gasteiger partial charge is 0.496 e. The molecule has 17 heavy (non-hydrogen) atoms. The molecule has 0 aliphatic carbocycles. The van der Waals surface area contributed by atoms with Gasteiger partial charge in [-0.1, -0.05) is 0 Å². The summed E-state index contributed by atoms with van der Waals surface area (Å²) in [4.78, 5) is 5.33. The van der Waals surface area contributed by atoms with Gasteiger partial charge in [0.2, 0.25) is 0 Å². The summed E-state index contributed by atoms with van der Waals surface area (Å²) in [5.41, 5.74) is 1.82. The summed E-state index contributed by atoms with van der Waals surface area (Å²) in [5, 5.41) is 10.3. The summed E-state index contributed by atoms with van der Waals surface area (Å²) in [7, 11) is 1.63. The second-order valence-corrected chi connectivity index (χ2v) is 5.65. The van der Waals surface area contributed by atoms with Crippen LogP contribution < -0.4 is 4.74 Å². The number of aryl methyl sites for hydroxylation is 1. The second-order valence-electron chi connectivity index (χ2n) is 3.51. The average Bonchev–Trinajstić information content (AvgIpc) is 2.70. The minimum Gasteiger partial charge on any atom is -0.496 e. The van der Waals surface area contributed by atoms with E-state index in [1.165, 1.54) is 11.3 Å². The Kier molecular flexibility index (Phi) is 3.81. The molecule has 0 fully saturated rings. The predicted molar refractivity (Wildman–Crippen MR) is 72.5 cm³/mol. The summed E-state index contributed by atoms with van der Waals surface area (Å²) in [6.07, 6.45) is 0. The van der Waals surface area contributed by atoms with E-state index in [-0.39, 0.29) is 6.61 Å². The van der Waals surface area contributed by atoms with Crippen molar-refractivity contribution in [3.05, 3.63) is 32.6 Å². The Hall–Kier alpha value is -0.910. The Labute approximate surface area is 112 Å². The fourth-order valence-corrected chi connectivity index (χ4v) is 2.97. The van der Waals surface area contributed by atoms with E-state index in [2.05, 4.69) is 20.9 Å². The first-order valence-electron chi connectivity index (χ1n) is 5.06. The summed E-state index contributed by atoms with van der Waals surface area (Å²) in [6.45, 7) is 1.95. The topological polar surface area (TPSA) is 42.4 Å². The zero-order chi connectivity index (χ0) is 12.4. The molecule has 1 heterocycles. The van der Waals surface area contributed by atoms with Crippen LogP contribution in [0.2, 0.25) is 0 Å². The quantitative estimate of drug-likeness (QED) is 0.944. The van der Waals surface area contributed by atoms with Gasteiger partial charge < -0.3 is 9.84 Å². The Morgan fingerprint density at radius 3 is 2.82 bits per heavy atom. The van der Waals surface area contributed by atoms with Crippen LogP contribution in [0, 0.1) is 6.92 Å². The fraction of sp³-hybridized carbons (Fsp3) is 0.250. The first-order valence-corrected chi connectivity index (χ1v) is 6.67. The normalized spacial score (nSPS) is 10.6. The lowest BCUT2D eigenvalue weighted by Crippen LogP contribution is -1.88. The SMILES string of the molecule is COc1ccc(-c2nc(C)sc2CO)cc1Br. The lowest BCUT2D eigenvalue weighted by atomic mass is 10.1. The first kappa shape index (κ1) is 12.5. The van der Waals surface area contributed by atoms with Gasteiger partial charge in [0.15, 0.2) is 0 Å². The Balaban J connectivity index is 2.49. The van der Waals surface area contributed by atoms with Crippen LogP contribution in [0.25, 0.3) is 11.3 Å². The van der Waals surface area contributed by atoms with E-state index in [1.807, 2.05) is 25.1 Å². The van der Waals surface area contributed by atoms with Crippen molar-refractivity contribution in [2.45, 2.75) is 13.5 Å². The first-order chi connectivity index (χ1) is 8.15. The average molecular weight is 314 g/mol. The molecule has 1 aromatic heterocycles. The highest BCUT2D eigenvalue weighted by Gasteiger charge is 2.12. The molecule has 1 aromatic carbocycles. The van der Waals surface area contributed by atoms with E-state index in [4.69, 9.17) is 4.74 Å². The predicted octanol–water partition coefficient (Wildman–Crippen LogP) is 3.38. The van der Waals surface area contributed by atoms with Crippen LogP contribution in [0.15, 0.2) is 22.7 Å². The third-order valence-corrected chi connectivity index (χ3v) is 3.95. The van der Waals surface area contributed by atoms with Gasteiger partial charge >= 0.3 is 0 Å². The molecule has 0 spiro atoms. The maximum Gasteiger partial charge on any atom is 0.133 e. The summed E-state index contributed by atoms with van der Waals surface area (Å²) in [6, 6.07) is 5.78. The van der Waals surface area contributed by atoms with Crippen LogP contribution in [0.4, 0.5) is 0 Å². The lowest BCUT2D eigenvalue weighted by molar-refractivity contribution is 0.286. The van der Waals surface area contributed by atoms with E-state index in [0.29, 0.717) is 0 Å². The Morgan fingerprint density at radius 1 is 1.47 bits per heavy atom. The summed E-state index contributed by atoms with van der Waals surface area (Å²) >= 11 is 4.96. The monoisotopic (exact) mass is 313 g/mol. The molecule has 5 heteroatoms. The number of ether oxygens (including phenoxy) is 1. The second kappa shape index (κ2) is 5.16. The molecule has 90 valence electrons. The molecule has 0 aliphatic rings. The van der Waals surface area contributed by atoms with E-state index in [9.17, 15) is 5.11 Å². The molecule has 2 aromatic rings. The van der Waals surface area contributed by atoms with Crippen molar-refractivity contribution in [1.82, 2.24) is 4.98 Å². The van der Waals surface area contributed by atoms with Crippen molar-refractivity contribution < 1.29 is 9.84 Å². The van der Waals surface area contributed by atoms with Gasteiger partial charge in [0.25, 0.3) is 0 Å². The van der Waals surface area contributed by atoms with Gasteiger partial charge in [-0.3, -0.25) is 0 Å². The highest BCUT2D eigenvalue weighted by Crippen LogP contribution is 2.33.